The van der Waals surface area contributed by atoms with Crippen LogP contribution in [-0.2, 0) is 16.0 Å². The largest absolute Gasteiger partial charge is 0.370 e. The van der Waals surface area contributed by atoms with E-state index in [2.05, 4.69) is 21.7 Å². The zero-order valence-corrected chi connectivity index (χ0v) is 18.2. The summed E-state index contributed by atoms with van der Waals surface area (Å²) < 4.78 is 1.87. The highest BCUT2D eigenvalue weighted by molar-refractivity contribution is 5.88. The number of aryl methyl sites for hydroxylation is 1. The fraction of sp³-hybridized carbons (Fsp3) is 0.200. The van der Waals surface area contributed by atoms with Gasteiger partial charge in [-0.15, -0.1) is 0 Å². The molecule has 33 heavy (non-hydrogen) atoms. The molecule has 0 radical (unpaired) electrons. The van der Waals surface area contributed by atoms with Gasteiger partial charge in [0.05, 0.1) is 16.6 Å². The van der Waals surface area contributed by atoms with Gasteiger partial charge in [-0.2, -0.15) is 5.26 Å². The highest BCUT2D eigenvalue weighted by Gasteiger charge is 2.22. The molecule has 0 aliphatic heterocycles. The second-order valence-electron chi connectivity index (χ2n) is 7.85. The summed E-state index contributed by atoms with van der Waals surface area (Å²) in [6.45, 7) is 2.01. The summed E-state index contributed by atoms with van der Waals surface area (Å²) in [5.41, 5.74) is 9.56. The monoisotopic (exact) mass is 440 g/mol. The van der Waals surface area contributed by atoms with Gasteiger partial charge in [-0.25, -0.2) is 4.98 Å². The molecule has 0 fully saturated rings. The maximum absolute atomic E-state index is 13.1. The number of nitrogens with two attached hydrogens (primary N) is 1. The molecule has 8 nitrogen and oxygen atoms in total. The van der Waals surface area contributed by atoms with Crippen LogP contribution in [0.4, 0.5) is 5.82 Å². The van der Waals surface area contributed by atoms with Gasteiger partial charge in [0.1, 0.15) is 17.9 Å². The summed E-state index contributed by atoms with van der Waals surface area (Å²) in [4.78, 5) is 28.8. The summed E-state index contributed by atoms with van der Waals surface area (Å²) in [5.74, 6) is -0.0713. The van der Waals surface area contributed by atoms with Crippen LogP contribution >= 0.6 is 0 Å². The van der Waals surface area contributed by atoms with E-state index in [1.807, 2.05) is 72.0 Å². The van der Waals surface area contributed by atoms with Crippen molar-refractivity contribution in [2.45, 2.75) is 25.8 Å². The summed E-state index contributed by atoms with van der Waals surface area (Å²) >= 11 is 0. The minimum atomic E-state index is -0.628. The third-order valence-electron chi connectivity index (χ3n) is 5.48. The Kier molecular flexibility index (Phi) is 6.22. The first-order valence-electron chi connectivity index (χ1n) is 10.7. The number of anilines is 1. The Morgan fingerprint density at radius 2 is 1.88 bits per heavy atom. The fourth-order valence-corrected chi connectivity index (χ4v) is 3.87. The van der Waals surface area contributed by atoms with Crippen LogP contribution < -0.4 is 16.4 Å². The van der Waals surface area contributed by atoms with Gasteiger partial charge in [-0.3, -0.25) is 14.0 Å². The molecule has 0 bridgehead atoms. The molecule has 4 aromatic rings. The van der Waals surface area contributed by atoms with Crippen molar-refractivity contribution in [3.05, 3.63) is 77.4 Å². The zero-order valence-electron chi connectivity index (χ0n) is 18.2. The average Bonchev–Trinajstić information content (AvgIpc) is 3.18. The molecule has 4 N–H and O–H groups in total. The highest BCUT2D eigenvalue weighted by atomic mass is 16.2. The van der Waals surface area contributed by atoms with E-state index in [4.69, 9.17) is 5.73 Å². The molecule has 4 rings (SSSR count). The number of aromatic nitrogens is 2. The molecule has 8 heteroatoms. The number of pyridine rings is 1. The average molecular weight is 441 g/mol. The molecule has 0 aliphatic rings. The van der Waals surface area contributed by atoms with Crippen molar-refractivity contribution < 1.29 is 9.59 Å². The minimum Gasteiger partial charge on any atom is -0.370 e. The fourth-order valence-electron chi connectivity index (χ4n) is 3.87. The van der Waals surface area contributed by atoms with Gasteiger partial charge in [0.2, 0.25) is 11.8 Å². The van der Waals surface area contributed by atoms with Crippen molar-refractivity contribution in [3.8, 4) is 6.07 Å². The molecule has 0 saturated carbocycles. The van der Waals surface area contributed by atoms with Gasteiger partial charge in [0, 0.05) is 19.4 Å². The first kappa shape index (κ1) is 21.8. The summed E-state index contributed by atoms with van der Waals surface area (Å²) in [7, 11) is 0. The molecule has 166 valence electrons. The first-order chi connectivity index (χ1) is 16.0. The maximum Gasteiger partial charge on any atom is 0.242 e. The molecule has 1 atom stereocenters. The number of carbonyl (C=O) groups excluding carboxylic acids is 2. The standard InChI is InChI=1S/C25H24N6O2/c1-16-13-23(31-21-10-6-5-9-19(21)30-24(31)18(16)15-26)29-20(14-17-7-3-2-4-8-17)25(33)28-12-11-22(27)32/h2-10,13,20,29H,11-12,14H2,1H3,(H2,27,32)(H,28,33). The minimum absolute atomic E-state index is 0.0656. The van der Waals surface area contributed by atoms with Crippen molar-refractivity contribution in [3.63, 3.8) is 0 Å². The van der Waals surface area contributed by atoms with Gasteiger partial charge in [0.15, 0.2) is 5.65 Å². The summed E-state index contributed by atoms with van der Waals surface area (Å²) in [6.07, 6.45) is 0.493. The number of fused-ring (bicyclic) bond motifs is 3. The van der Waals surface area contributed by atoms with E-state index in [-0.39, 0.29) is 18.9 Å². The van der Waals surface area contributed by atoms with E-state index in [1.54, 1.807) is 0 Å². The van der Waals surface area contributed by atoms with E-state index in [1.165, 1.54) is 0 Å². The first-order valence-corrected chi connectivity index (χ1v) is 10.7. The molecular weight excluding hydrogens is 416 g/mol. The lowest BCUT2D eigenvalue weighted by Crippen LogP contribution is -2.42. The van der Waals surface area contributed by atoms with Gasteiger partial charge in [-0.05, 0) is 36.2 Å². The van der Waals surface area contributed by atoms with Gasteiger partial charge >= 0.3 is 0 Å². The number of imidazole rings is 1. The second kappa shape index (κ2) is 9.40. The number of nitriles is 1. The predicted octanol–water partition coefficient (Wildman–Crippen LogP) is 2.68. The predicted molar refractivity (Wildman–Crippen MR) is 127 cm³/mol. The Labute approximate surface area is 191 Å². The number of amides is 2. The molecule has 2 amide bonds. The molecule has 2 heterocycles. The number of primary amides is 1. The number of carbonyl (C=O) groups is 2. The van der Waals surface area contributed by atoms with E-state index >= 15 is 0 Å². The second-order valence-corrected chi connectivity index (χ2v) is 7.85. The van der Waals surface area contributed by atoms with Crippen LogP contribution in [0.2, 0.25) is 0 Å². The van der Waals surface area contributed by atoms with Crippen molar-refractivity contribution >= 4 is 34.3 Å². The lowest BCUT2D eigenvalue weighted by molar-refractivity contribution is -0.122. The molecule has 2 aromatic heterocycles. The van der Waals surface area contributed by atoms with Crippen LogP contribution in [0.25, 0.3) is 16.7 Å². The molecule has 0 spiro atoms. The van der Waals surface area contributed by atoms with Crippen molar-refractivity contribution in [2.75, 3.05) is 11.9 Å². The van der Waals surface area contributed by atoms with Crippen LogP contribution in [0.15, 0.2) is 60.7 Å². The number of rotatable bonds is 8. The molecule has 2 aromatic carbocycles. The lowest BCUT2D eigenvalue weighted by atomic mass is 10.0. The van der Waals surface area contributed by atoms with Crippen molar-refractivity contribution in [1.82, 2.24) is 14.7 Å². The van der Waals surface area contributed by atoms with Crippen molar-refractivity contribution in [2.24, 2.45) is 5.73 Å². The quantitative estimate of drug-likeness (QED) is 0.388. The Hall–Kier alpha value is -4.38. The lowest BCUT2D eigenvalue weighted by Gasteiger charge is -2.21. The smallest absolute Gasteiger partial charge is 0.242 e. The maximum atomic E-state index is 13.1. The normalized spacial score (nSPS) is 11.8. The molecule has 0 saturated heterocycles. The molecular formula is C25H24N6O2. The van der Waals surface area contributed by atoms with E-state index in [9.17, 15) is 14.9 Å². The van der Waals surface area contributed by atoms with Crippen LogP contribution in [0.1, 0.15) is 23.1 Å². The highest BCUT2D eigenvalue weighted by Crippen LogP contribution is 2.27. The number of para-hydroxylation sites is 2. The third kappa shape index (κ3) is 4.62. The Balaban J connectivity index is 1.76. The van der Waals surface area contributed by atoms with Gasteiger partial charge < -0.3 is 16.4 Å². The molecule has 1 unspecified atom stereocenters. The van der Waals surface area contributed by atoms with Crippen LogP contribution in [-0.4, -0.2) is 33.8 Å². The number of nitrogens with one attached hydrogen (secondary N) is 2. The van der Waals surface area contributed by atoms with Crippen LogP contribution in [0.5, 0.6) is 0 Å². The zero-order chi connectivity index (χ0) is 23.4. The summed E-state index contributed by atoms with van der Waals surface area (Å²) in [6, 6.07) is 20.8. The summed E-state index contributed by atoms with van der Waals surface area (Å²) in [5, 5.41) is 15.9. The topological polar surface area (TPSA) is 125 Å². The van der Waals surface area contributed by atoms with Gasteiger partial charge in [0.25, 0.3) is 0 Å². The van der Waals surface area contributed by atoms with Crippen molar-refractivity contribution in [1.29, 1.82) is 5.26 Å². The van der Waals surface area contributed by atoms with E-state index in [0.29, 0.717) is 23.4 Å². The Morgan fingerprint density at radius 3 is 2.61 bits per heavy atom. The van der Waals surface area contributed by atoms with E-state index < -0.39 is 11.9 Å². The Morgan fingerprint density at radius 1 is 1.15 bits per heavy atom. The number of hydrogen-bond donors (Lipinski definition) is 3. The number of nitrogens with zero attached hydrogens (tertiary/aromatic N) is 3. The number of benzene rings is 2. The van der Waals surface area contributed by atoms with Crippen LogP contribution in [0, 0.1) is 18.3 Å². The third-order valence-corrected chi connectivity index (χ3v) is 5.48. The van der Waals surface area contributed by atoms with E-state index in [0.717, 1.165) is 22.2 Å². The number of hydrogen-bond acceptors (Lipinski definition) is 5. The van der Waals surface area contributed by atoms with Gasteiger partial charge in [-0.1, -0.05) is 42.5 Å². The Bertz CT molecular complexity index is 1370. The SMILES string of the molecule is Cc1cc(NC(Cc2ccccc2)C(=O)NCCC(N)=O)n2c(nc3ccccc32)c1C#N. The molecule has 0 aliphatic carbocycles. The van der Waals surface area contributed by atoms with Crippen LogP contribution in [0.3, 0.4) is 0 Å².